The second-order valence-corrected chi connectivity index (χ2v) is 8.68. The van der Waals surface area contributed by atoms with E-state index in [4.69, 9.17) is 4.74 Å². The number of benzene rings is 1. The third-order valence-corrected chi connectivity index (χ3v) is 6.79. The summed E-state index contributed by atoms with van der Waals surface area (Å²) in [5, 5.41) is 3.64. The number of nitrogens with zero attached hydrogens (tertiary/aromatic N) is 2. The van der Waals surface area contributed by atoms with E-state index in [0.717, 1.165) is 50.1 Å². The smallest absolute Gasteiger partial charge is 0.228 e. The average molecular weight is 400 g/mol. The summed E-state index contributed by atoms with van der Waals surface area (Å²) in [6, 6.07) is 8.63. The molecule has 4 unspecified atom stereocenters. The first-order valence-electron chi connectivity index (χ1n) is 11.1. The third kappa shape index (κ3) is 4.13. The van der Waals surface area contributed by atoms with E-state index in [-0.39, 0.29) is 23.8 Å². The van der Waals surface area contributed by atoms with Gasteiger partial charge < -0.3 is 19.9 Å². The minimum atomic E-state index is -0.302. The van der Waals surface area contributed by atoms with Crippen molar-refractivity contribution in [2.24, 2.45) is 5.92 Å². The summed E-state index contributed by atoms with van der Waals surface area (Å²) in [4.78, 5) is 30.5. The van der Waals surface area contributed by atoms with Crippen molar-refractivity contribution in [1.29, 1.82) is 0 Å². The van der Waals surface area contributed by atoms with Crippen LogP contribution in [-0.2, 0) is 9.59 Å². The Morgan fingerprint density at radius 3 is 2.66 bits per heavy atom. The van der Waals surface area contributed by atoms with Gasteiger partial charge >= 0.3 is 0 Å². The highest BCUT2D eigenvalue weighted by atomic mass is 16.5. The molecule has 3 saturated heterocycles. The van der Waals surface area contributed by atoms with Crippen molar-refractivity contribution in [3.8, 4) is 5.75 Å². The summed E-state index contributed by atoms with van der Waals surface area (Å²) in [6.45, 7) is 4.40. The van der Waals surface area contributed by atoms with Gasteiger partial charge in [0.2, 0.25) is 11.8 Å². The molecule has 2 bridgehead atoms. The standard InChI is InChI=1S/C23H33N3O3/c1-3-4-12-26-21(27)14-20(22(26)16-5-9-19(29-2)10-6-16)23(28)25-13-11-17-7-8-18(15-25)24-17/h5-6,9-10,17-18,20,22,24H,3-4,7-8,11-15H2,1-2H3. The van der Waals surface area contributed by atoms with Crippen LogP contribution in [-0.4, -0.2) is 60.4 Å². The predicted octanol–water partition coefficient (Wildman–Crippen LogP) is 2.74. The molecule has 158 valence electrons. The van der Waals surface area contributed by atoms with Crippen molar-refractivity contribution in [2.75, 3.05) is 26.7 Å². The van der Waals surface area contributed by atoms with Gasteiger partial charge in [0.25, 0.3) is 0 Å². The fourth-order valence-corrected chi connectivity index (χ4v) is 5.19. The number of methoxy groups -OCH3 is 1. The predicted molar refractivity (Wildman–Crippen MR) is 112 cm³/mol. The first kappa shape index (κ1) is 20.2. The highest BCUT2D eigenvalue weighted by Crippen LogP contribution is 2.40. The van der Waals surface area contributed by atoms with Crippen LogP contribution in [0.2, 0.25) is 0 Å². The third-order valence-electron chi connectivity index (χ3n) is 6.79. The van der Waals surface area contributed by atoms with Crippen LogP contribution in [0.4, 0.5) is 0 Å². The topological polar surface area (TPSA) is 61.9 Å². The Morgan fingerprint density at radius 1 is 1.17 bits per heavy atom. The zero-order valence-electron chi connectivity index (χ0n) is 17.6. The molecular weight excluding hydrogens is 366 g/mol. The van der Waals surface area contributed by atoms with Gasteiger partial charge in [-0.05, 0) is 43.4 Å². The van der Waals surface area contributed by atoms with Crippen LogP contribution in [0.15, 0.2) is 24.3 Å². The van der Waals surface area contributed by atoms with E-state index in [9.17, 15) is 9.59 Å². The van der Waals surface area contributed by atoms with E-state index in [1.54, 1.807) is 7.11 Å². The fourth-order valence-electron chi connectivity index (χ4n) is 5.19. The first-order valence-corrected chi connectivity index (χ1v) is 11.1. The first-order chi connectivity index (χ1) is 14.1. The lowest BCUT2D eigenvalue weighted by molar-refractivity contribution is -0.136. The molecule has 2 amide bonds. The van der Waals surface area contributed by atoms with E-state index in [1.807, 2.05) is 34.1 Å². The van der Waals surface area contributed by atoms with Gasteiger partial charge in [0.1, 0.15) is 5.75 Å². The summed E-state index contributed by atoms with van der Waals surface area (Å²) < 4.78 is 5.29. The largest absolute Gasteiger partial charge is 0.497 e. The van der Waals surface area contributed by atoms with Crippen LogP contribution < -0.4 is 10.1 Å². The second kappa shape index (κ2) is 8.74. The molecule has 0 spiro atoms. The maximum atomic E-state index is 13.6. The molecule has 6 nitrogen and oxygen atoms in total. The van der Waals surface area contributed by atoms with Gasteiger partial charge in [-0.3, -0.25) is 9.59 Å². The Labute approximate surface area is 173 Å². The van der Waals surface area contributed by atoms with E-state index in [1.165, 1.54) is 6.42 Å². The summed E-state index contributed by atoms with van der Waals surface area (Å²) >= 11 is 0. The molecule has 1 N–H and O–H groups in total. The Balaban J connectivity index is 1.58. The quantitative estimate of drug-likeness (QED) is 0.799. The monoisotopic (exact) mass is 399 g/mol. The minimum absolute atomic E-state index is 0.104. The molecule has 0 radical (unpaired) electrons. The van der Waals surface area contributed by atoms with E-state index in [0.29, 0.717) is 25.0 Å². The Kier molecular flexibility index (Phi) is 6.09. The van der Waals surface area contributed by atoms with Crippen molar-refractivity contribution in [2.45, 2.75) is 63.6 Å². The molecule has 0 aliphatic carbocycles. The molecule has 3 aliphatic rings. The number of nitrogens with one attached hydrogen (secondary N) is 1. The van der Waals surface area contributed by atoms with Gasteiger partial charge in [-0.2, -0.15) is 0 Å². The van der Waals surface area contributed by atoms with Gasteiger partial charge in [-0.1, -0.05) is 25.5 Å². The second-order valence-electron chi connectivity index (χ2n) is 8.68. The van der Waals surface area contributed by atoms with E-state index >= 15 is 0 Å². The number of carbonyl (C=O) groups is 2. The molecule has 29 heavy (non-hydrogen) atoms. The van der Waals surface area contributed by atoms with Gasteiger partial charge in [0.15, 0.2) is 0 Å². The van der Waals surface area contributed by atoms with E-state index in [2.05, 4.69) is 12.2 Å². The molecule has 3 aliphatic heterocycles. The molecule has 1 aromatic carbocycles. The van der Waals surface area contributed by atoms with Gasteiger partial charge in [-0.15, -0.1) is 0 Å². The lowest BCUT2D eigenvalue weighted by Gasteiger charge is -2.32. The lowest BCUT2D eigenvalue weighted by Crippen LogP contribution is -2.43. The number of hydrogen-bond donors (Lipinski definition) is 1. The summed E-state index contributed by atoms with van der Waals surface area (Å²) in [7, 11) is 1.65. The zero-order chi connectivity index (χ0) is 20.4. The van der Waals surface area contributed by atoms with Crippen LogP contribution in [0.1, 0.15) is 57.1 Å². The number of unbranched alkanes of at least 4 members (excludes halogenated alkanes) is 1. The number of rotatable bonds is 6. The lowest BCUT2D eigenvalue weighted by atomic mass is 9.91. The molecule has 3 heterocycles. The van der Waals surface area contributed by atoms with Gasteiger partial charge in [0.05, 0.1) is 19.1 Å². The number of ether oxygens (including phenoxy) is 1. The van der Waals surface area contributed by atoms with Crippen molar-refractivity contribution in [3.05, 3.63) is 29.8 Å². The zero-order valence-corrected chi connectivity index (χ0v) is 17.6. The van der Waals surface area contributed by atoms with Crippen molar-refractivity contribution >= 4 is 11.8 Å². The summed E-state index contributed by atoms with van der Waals surface area (Å²) in [5.41, 5.74) is 1.03. The molecule has 1 aromatic rings. The highest BCUT2D eigenvalue weighted by Gasteiger charge is 2.46. The Morgan fingerprint density at radius 2 is 1.93 bits per heavy atom. The van der Waals surface area contributed by atoms with Crippen molar-refractivity contribution in [3.63, 3.8) is 0 Å². The molecular formula is C23H33N3O3. The number of amides is 2. The van der Waals surface area contributed by atoms with Crippen molar-refractivity contribution in [1.82, 2.24) is 15.1 Å². The molecule has 4 atom stereocenters. The van der Waals surface area contributed by atoms with E-state index < -0.39 is 0 Å². The molecule has 0 aromatic heterocycles. The van der Waals surface area contributed by atoms with Crippen LogP contribution in [0, 0.1) is 5.92 Å². The highest BCUT2D eigenvalue weighted by molar-refractivity contribution is 5.90. The van der Waals surface area contributed by atoms with Gasteiger partial charge in [-0.25, -0.2) is 0 Å². The Bertz CT molecular complexity index is 735. The normalized spacial score (nSPS) is 29.2. The maximum absolute atomic E-state index is 13.6. The van der Waals surface area contributed by atoms with Crippen LogP contribution in [0.3, 0.4) is 0 Å². The number of carbonyl (C=O) groups excluding carboxylic acids is 2. The SMILES string of the molecule is CCCCN1C(=O)CC(C(=O)N2CCC3CCC(C2)N3)C1c1ccc(OC)cc1. The molecule has 3 fully saturated rings. The van der Waals surface area contributed by atoms with Crippen molar-refractivity contribution < 1.29 is 14.3 Å². The van der Waals surface area contributed by atoms with Crippen LogP contribution >= 0.6 is 0 Å². The fraction of sp³-hybridized carbons (Fsp3) is 0.652. The average Bonchev–Trinajstić information content (AvgIpc) is 3.24. The van der Waals surface area contributed by atoms with Crippen LogP contribution in [0.5, 0.6) is 5.75 Å². The summed E-state index contributed by atoms with van der Waals surface area (Å²) in [5.74, 6) is 0.736. The maximum Gasteiger partial charge on any atom is 0.228 e. The molecule has 6 heteroatoms. The minimum Gasteiger partial charge on any atom is -0.497 e. The Hall–Kier alpha value is -2.08. The number of fused-ring (bicyclic) bond motifs is 2. The summed E-state index contributed by atoms with van der Waals surface area (Å²) in [6.07, 6.45) is 5.67. The molecule has 4 rings (SSSR count). The number of likely N-dealkylation sites (tertiary alicyclic amines) is 2. The number of hydrogen-bond acceptors (Lipinski definition) is 4. The van der Waals surface area contributed by atoms with Gasteiger partial charge in [0, 0.05) is 38.1 Å². The molecule has 0 saturated carbocycles. The van der Waals surface area contributed by atoms with Crippen LogP contribution in [0.25, 0.3) is 0 Å².